The predicted octanol–water partition coefficient (Wildman–Crippen LogP) is 4.12. The van der Waals surface area contributed by atoms with Crippen molar-refractivity contribution in [2.24, 2.45) is 0 Å². The first-order chi connectivity index (χ1) is 12.0. The number of aromatic nitrogens is 2. The Balaban J connectivity index is 1.80. The molecular weight excluding hydrogens is 354 g/mol. The maximum absolute atomic E-state index is 13.9. The van der Waals surface area contributed by atoms with Gasteiger partial charge < -0.3 is 9.15 Å². The first-order valence-corrected chi connectivity index (χ1v) is 7.67. The zero-order chi connectivity index (χ0) is 17.6. The average Bonchev–Trinajstić information content (AvgIpc) is 3.19. The van der Waals surface area contributed by atoms with Gasteiger partial charge in [0, 0.05) is 12.0 Å². The van der Waals surface area contributed by atoms with E-state index in [2.05, 4.69) is 9.97 Å². The molecule has 1 unspecified atom stereocenters. The first kappa shape index (κ1) is 15.7. The van der Waals surface area contributed by atoms with Gasteiger partial charge in [0.05, 0.1) is 6.26 Å². The summed E-state index contributed by atoms with van der Waals surface area (Å²) in [7, 11) is 0. The molecule has 0 aliphatic carbocycles. The molecule has 5 nitrogen and oxygen atoms in total. The number of carbonyl (C=O) groups is 1. The van der Waals surface area contributed by atoms with Crippen LogP contribution in [0.15, 0.2) is 41.0 Å². The number of cyclic esters (lactones) is 1. The lowest BCUT2D eigenvalue weighted by Crippen LogP contribution is -2.07. The van der Waals surface area contributed by atoms with Crippen molar-refractivity contribution in [3.05, 3.63) is 70.3 Å². The zero-order valence-corrected chi connectivity index (χ0v) is 13.3. The van der Waals surface area contributed by atoms with E-state index in [0.29, 0.717) is 5.76 Å². The van der Waals surface area contributed by atoms with Crippen LogP contribution in [0, 0.1) is 11.6 Å². The van der Waals surface area contributed by atoms with Crippen molar-refractivity contribution in [1.29, 1.82) is 0 Å². The molecule has 1 aromatic carbocycles. The molecule has 0 radical (unpaired) electrons. The largest absolute Gasteiger partial charge is 0.463 e. The highest BCUT2D eigenvalue weighted by Gasteiger charge is 2.38. The van der Waals surface area contributed by atoms with Gasteiger partial charge in [0.15, 0.2) is 5.76 Å². The monoisotopic (exact) mass is 362 g/mol. The Bertz CT molecular complexity index is 956. The summed E-state index contributed by atoms with van der Waals surface area (Å²) in [4.78, 5) is 20.3. The number of hydrogen-bond acceptors (Lipinski definition) is 5. The normalized spacial score (nSPS) is 16.0. The van der Waals surface area contributed by atoms with E-state index in [1.54, 1.807) is 12.1 Å². The quantitative estimate of drug-likeness (QED) is 0.518. The van der Waals surface area contributed by atoms with Gasteiger partial charge in [-0.15, -0.1) is 0 Å². The molecule has 0 bridgehead atoms. The highest BCUT2D eigenvalue weighted by atomic mass is 35.5. The molecule has 3 heterocycles. The Labute approximate surface area is 145 Å². The average molecular weight is 363 g/mol. The number of benzene rings is 1. The summed E-state index contributed by atoms with van der Waals surface area (Å²) in [6, 6.07) is 6.77. The topological polar surface area (TPSA) is 65.2 Å². The summed E-state index contributed by atoms with van der Waals surface area (Å²) >= 11 is 5.95. The Kier molecular flexibility index (Phi) is 3.73. The molecule has 126 valence electrons. The standard InChI is InChI=1S/C17H9ClF2N2O3/c18-17-21-14(11-5-2-6-24-11)13-15(22-17)12(25-16(13)23)7-8-9(19)3-1-4-10(8)20/h1-6,12H,7H2. The number of esters is 1. The molecule has 1 atom stereocenters. The van der Waals surface area contributed by atoms with Crippen LogP contribution >= 0.6 is 11.6 Å². The lowest BCUT2D eigenvalue weighted by molar-refractivity contribution is 0.0379. The molecule has 4 rings (SSSR count). The molecule has 1 aliphatic heterocycles. The fourth-order valence-corrected chi connectivity index (χ4v) is 2.95. The Morgan fingerprint density at radius 2 is 1.88 bits per heavy atom. The van der Waals surface area contributed by atoms with Crippen molar-refractivity contribution in [2.45, 2.75) is 12.5 Å². The lowest BCUT2D eigenvalue weighted by Gasteiger charge is -2.11. The molecule has 25 heavy (non-hydrogen) atoms. The second-order valence-electron chi connectivity index (χ2n) is 5.38. The Hall–Kier alpha value is -2.80. The van der Waals surface area contributed by atoms with Gasteiger partial charge in [0.2, 0.25) is 5.28 Å². The van der Waals surface area contributed by atoms with Crippen molar-refractivity contribution >= 4 is 17.6 Å². The maximum Gasteiger partial charge on any atom is 0.343 e. The number of nitrogens with zero attached hydrogens (tertiary/aromatic N) is 2. The number of hydrogen-bond donors (Lipinski definition) is 0. The highest BCUT2D eigenvalue weighted by Crippen LogP contribution is 2.38. The van der Waals surface area contributed by atoms with E-state index < -0.39 is 23.7 Å². The van der Waals surface area contributed by atoms with E-state index in [9.17, 15) is 13.6 Å². The van der Waals surface area contributed by atoms with E-state index in [1.165, 1.54) is 12.3 Å². The SMILES string of the molecule is O=C1OC(Cc2c(F)cccc2F)c2nc(Cl)nc(-c3ccco3)c21. The predicted molar refractivity (Wildman–Crippen MR) is 83.0 cm³/mol. The smallest absolute Gasteiger partial charge is 0.343 e. The number of rotatable bonds is 3. The molecule has 0 saturated carbocycles. The van der Waals surface area contributed by atoms with Crippen molar-refractivity contribution in [1.82, 2.24) is 9.97 Å². The van der Waals surface area contributed by atoms with Gasteiger partial charge in [-0.25, -0.2) is 23.5 Å². The molecule has 1 aliphatic rings. The lowest BCUT2D eigenvalue weighted by atomic mass is 10.0. The third-order valence-electron chi connectivity index (χ3n) is 3.87. The van der Waals surface area contributed by atoms with Gasteiger partial charge in [0.25, 0.3) is 0 Å². The van der Waals surface area contributed by atoms with Crippen molar-refractivity contribution < 1.29 is 22.7 Å². The van der Waals surface area contributed by atoms with Gasteiger partial charge in [-0.05, 0) is 35.9 Å². The van der Waals surface area contributed by atoms with E-state index in [0.717, 1.165) is 12.1 Å². The van der Waals surface area contributed by atoms with Gasteiger partial charge in [0.1, 0.15) is 34.7 Å². The second kappa shape index (κ2) is 5.93. The zero-order valence-electron chi connectivity index (χ0n) is 12.5. The minimum Gasteiger partial charge on any atom is -0.463 e. The third-order valence-corrected chi connectivity index (χ3v) is 4.04. The van der Waals surface area contributed by atoms with Crippen LogP contribution in [0.2, 0.25) is 5.28 Å². The number of halogens is 3. The summed E-state index contributed by atoms with van der Waals surface area (Å²) in [5.74, 6) is -1.83. The second-order valence-corrected chi connectivity index (χ2v) is 5.72. The number of furan rings is 1. The molecular formula is C17H9ClF2N2O3. The summed E-state index contributed by atoms with van der Waals surface area (Å²) in [5, 5.41) is -0.123. The number of fused-ring (bicyclic) bond motifs is 1. The number of carbonyl (C=O) groups excluding carboxylic acids is 1. The Morgan fingerprint density at radius 1 is 1.12 bits per heavy atom. The molecule has 8 heteroatoms. The van der Waals surface area contributed by atoms with Crippen LogP contribution in [0.25, 0.3) is 11.5 Å². The third kappa shape index (κ3) is 2.66. The summed E-state index contributed by atoms with van der Waals surface area (Å²) < 4.78 is 38.3. The minimum atomic E-state index is -0.969. The van der Waals surface area contributed by atoms with Crippen LogP contribution in [0.1, 0.15) is 27.7 Å². The van der Waals surface area contributed by atoms with E-state index in [4.69, 9.17) is 20.8 Å². The van der Waals surface area contributed by atoms with Crippen LogP contribution in [-0.4, -0.2) is 15.9 Å². The summed E-state index contributed by atoms with van der Waals surface area (Å²) in [5.41, 5.74) is 0.254. The van der Waals surface area contributed by atoms with Crippen molar-refractivity contribution in [3.8, 4) is 11.5 Å². The van der Waals surface area contributed by atoms with Crippen LogP contribution in [0.5, 0.6) is 0 Å². The molecule has 3 aromatic rings. The van der Waals surface area contributed by atoms with Crippen LogP contribution in [0.4, 0.5) is 8.78 Å². The molecule has 0 amide bonds. The number of ether oxygens (including phenoxy) is 1. The van der Waals surface area contributed by atoms with Gasteiger partial charge in [-0.1, -0.05) is 6.07 Å². The molecule has 2 aromatic heterocycles. The molecule has 0 fully saturated rings. The van der Waals surface area contributed by atoms with E-state index >= 15 is 0 Å². The summed E-state index contributed by atoms with van der Waals surface area (Å²) in [6.07, 6.45) is 0.245. The van der Waals surface area contributed by atoms with E-state index in [1.807, 2.05) is 0 Å². The van der Waals surface area contributed by atoms with Crippen LogP contribution in [0.3, 0.4) is 0 Å². The van der Waals surface area contributed by atoms with Crippen molar-refractivity contribution in [2.75, 3.05) is 0 Å². The molecule has 0 saturated heterocycles. The van der Waals surface area contributed by atoms with Crippen molar-refractivity contribution in [3.63, 3.8) is 0 Å². The molecule has 0 spiro atoms. The van der Waals surface area contributed by atoms with Gasteiger partial charge in [-0.2, -0.15) is 0 Å². The minimum absolute atomic E-state index is 0.0843. The van der Waals surface area contributed by atoms with E-state index in [-0.39, 0.29) is 34.2 Å². The molecule has 0 N–H and O–H groups in total. The summed E-state index contributed by atoms with van der Waals surface area (Å²) in [6.45, 7) is 0. The first-order valence-electron chi connectivity index (χ1n) is 7.29. The maximum atomic E-state index is 13.9. The fourth-order valence-electron chi connectivity index (χ4n) is 2.77. The highest BCUT2D eigenvalue weighted by molar-refractivity contribution is 6.28. The van der Waals surface area contributed by atoms with Gasteiger partial charge in [-0.3, -0.25) is 0 Å². The fraction of sp³-hybridized carbons (Fsp3) is 0.118. The van der Waals surface area contributed by atoms with Crippen LogP contribution in [-0.2, 0) is 11.2 Å². The van der Waals surface area contributed by atoms with Crippen LogP contribution < -0.4 is 0 Å². The van der Waals surface area contributed by atoms with Gasteiger partial charge >= 0.3 is 5.97 Å². The Morgan fingerprint density at radius 3 is 2.56 bits per heavy atom.